The topological polar surface area (TPSA) is 91.4 Å². The van der Waals surface area contributed by atoms with Gasteiger partial charge in [-0.05, 0) is 54.9 Å². The summed E-state index contributed by atoms with van der Waals surface area (Å²) in [6.45, 7) is 8.75. The first-order chi connectivity index (χ1) is 21.8. The van der Waals surface area contributed by atoms with Crippen molar-refractivity contribution in [3.63, 3.8) is 0 Å². The Kier molecular flexibility index (Phi) is 11.5. The van der Waals surface area contributed by atoms with E-state index in [4.69, 9.17) is 23.1 Å². The smallest absolute Gasteiger partial charge is 0.416 e. The van der Waals surface area contributed by atoms with Crippen molar-refractivity contribution >= 4 is 17.8 Å². The Bertz CT molecular complexity index is 1330. The second-order valence-electron chi connectivity index (χ2n) is 11.6. The summed E-state index contributed by atoms with van der Waals surface area (Å²) < 4.78 is 43.7. The molecule has 0 radical (unpaired) electrons. The maximum Gasteiger partial charge on any atom is 0.416 e. The minimum Gasteiger partial charge on any atom is -0.493 e. The number of allylic oxidation sites excluding steroid dienone is 2. The molecule has 2 aromatic rings. The number of ketones is 1. The van der Waals surface area contributed by atoms with Crippen LogP contribution in [0.15, 0.2) is 60.7 Å². The molecule has 8 nitrogen and oxygen atoms in total. The Balaban J connectivity index is 1.71. The minimum absolute atomic E-state index is 0.00201. The monoisotopic (exact) mass is 596 g/mol. The van der Waals surface area contributed by atoms with Crippen LogP contribution in [0.4, 0.5) is 4.79 Å². The fourth-order valence-electron chi connectivity index (χ4n) is 5.23. The molecule has 2 amide bonds. The number of hydrogen-bond donors (Lipinski definition) is 0. The number of benzene rings is 2. The van der Waals surface area contributed by atoms with E-state index in [2.05, 4.69) is 0 Å². The number of cyclic esters (lactones) is 1. The summed E-state index contributed by atoms with van der Waals surface area (Å²) >= 11 is 0. The van der Waals surface area contributed by atoms with Crippen molar-refractivity contribution in [3.05, 3.63) is 71.8 Å². The van der Waals surface area contributed by atoms with Crippen molar-refractivity contribution in [3.8, 4) is 11.5 Å². The third-order valence-corrected chi connectivity index (χ3v) is 7.81. The fraction of sp³-hybridized carbons (Fsp3) is 0.514. The van der Waals surface area contributed by atoms with Crippen LogP contribution in [0.2, 0.25) is 0 Å². The van der Waals surface area contributed by atoms with Crippen LogP contribution in [0.3, 0.4) is 0 Å². The standard InChI is InChI=1S/C35H47NO7/c1-24(2)29(33(37)27-17-18-31(41-6)32(22-27)42-20-12-19-40-5)15-10-11-16-30(25(3)4)34(38)36-28(23-43-35(36)39)21-26-13-8-7-9-14-26/h7-11,13-14,17-18,22,24-25,28-30H,12,15-16,19-21,23H2,1-6H3/b11-10+/t28-,29?,30-/m0/s1/i6D3. The van der Waals surface area contributed by atoms with Crippen LogP contribution in [-0.2, 0) is 20.7 Å². The summed E-state index contributed by atoms with van der Waals surface area (Å²) in [7, 11) is -1.09. The molecule has 0 spiro atoms. The molecule has 1 saturated heterocycles. The molecule has 0 bridgehead atoms. The number of Topliss-reactive ketones (excluding diaryl/α,β-unsaturated/α-hetero) is 1. The number of hydrogen-bond acceptors (Lipinski definition) is 7. The molecule has 43 heavy (non-hydrogen) atoms. The average Bonchev–Trinajstić information content (AvgIpc) is 3.36. The number of ether oxygens (including phenoxy) is 4. The Morgan fingerprint density at radius 2 is 1.70 bits per heavy atom. The zero-order valence-corrected chi connectivity index (χ0v) is 25.9. The molecule has 1 heterocycles. The van der Waals surface area contributed by atoms with E-state index in [0.29, 0.717) is 37.9 Å². The summed E-state index contributed by atoms with van der Waals surface area (Å²) in [5.74, 6) is -0.974. The predicted octanol–water partition coefficient (Wildman–Crippen LogP) is 6.76. The zero-order chi connectivity index (χ0) is 33.9. The highest BCUT2D eigenvalue weighted by Crippen LogP contribution is 2.31. The summed E-state index contributed by atoms with van der Waals surface area (Å²) in [6, 6.07) is 13.9. The summed E-state index contributed by atoms with van der Waals surface area (Å²) in [5, 5.41) is 0. The van der Waals surface area contributed by atoms with Gasteiger partial charge < -0.3 is 18.9 Å². The van der Waals surface area contributed by atoms with Gasteiger partial charge in [0.25, 0.3) is 0 Å². The number of nitrogens with zero attached hydrogens (tertiary/aromatic N) is 1. The molecule has 234 valence electrons. The van der Waals surface area contributed by atoms with E-state index in [9.17, 15) is 14.4 Å². The minimum atomic E-state index is -2.67. The molecule has 0 saturated carbocycles. The lowest BCUT2D eigenvalue weighted by atomic mass is 9.84. The molecule has 2 aromatic carbocycles. The van der Waals surface area contributed by atoms with E-state index in [1.165, 1.54) is 17.0 Å². The first-order valence-corrected chi connectivity index (χ1v) is 15.0. The van der Waals surface area contributed by atoms with Gasteiger partial charge in [-0.25, -0.2) is 9.69 Å². The van der Waals surface area contributed by atoms with Crippen LogP contribution in [0.5, 0.6) is 11.5 Å². The van der Waals surface area contributed by atoms with Gasteiger partial charge in [0.05, 0.1) is 23.8 Å². The largest absolute Gasteiger partial charge is 0.493 e. The Hall–Kier alpha value is -3.65. The molecule has 0 aromatic heterocycles. The summed E-state index contributed by atoms with van der Waals surface area (Å²) in [6.07, 6.45) is 5.18. The quantitative estimate of drug-likeness (QED) is 0.113. The maximum absolute atomic E-state index is 13.7. The van der Waals surface area contributed by atoms with Gasteiger partial charge in [0.15, 0.2) is 17.3 Å². The van der Waals surface area contributed by atoms with Crippen molar-refractivity contribution < 1.29 is 37.4 Å². The summed E-state index contributed by atoms with van der Waals surface area (Å²) in [5.41, 5.74) is 1.41. The average molecular weight is 597 g/mol. The van der Waals surface area contributed by atoms with E-state index >= 15 is 0 Å². The SMILES string of the molecule is [2H]C([2H])([2H])Oc1ccc(C(=O)C(C/C=C/C[C@H](C(=O)N2C(=O)OC[C@@H]2Cc2ccccc2)C(C)C)C(C)C)cc1OCCCOC. The number of amides is 2. The van der Waals surface area contributed by atoms with Gasteiger partial charge in [-0.3, -0.25) is 9.59 Å². The lowest BCUT2D eigenvalue weighted by Crippen LogP contribution is -2.44. The van der Waals surface area contributed by atoms with Crippen molar-refractivity contribution in [2.45, 2.75) is 59.4 Å². The van der Waals surface area contributed by atoms with Crippen LogP contribution in [0, 0.1) is 23.7 Å². The number of rotatable bonds is 17. The molecule has 3 rings (SSSR count). The van der Waals surface area contributed by atoms with Crippen LogP contribution in [0.1, 0.15) is 67.0 Å². The van der Waals surface area contributed by atoms with Crippen molar-refractivity contribution in [2.75, 3.05) is 34.0 Å². The summed E-state index contributed by atoms with van der Waals surface area (Å²) in [4.78, 5) is 41.2. The normalized spacial score (nSPS) is 17.8. The van der Waals surface area contributed by atoms with Crippen molar-refractivity contribution in [1.82, 2.24) is 4.90 Å². The van der Waals surface area contributed by atoms with Gasteiger partial charge in [0, 0.05) is 37.5 Å². The number of carbonyl (C=O) groups is 3. The highest BCUT2D eigenvalue weighted by atomic mass is 16.6. The first-order valence-electron chi connectivity index (χ1n) is 16.5. The number of methoxy groups -OCH3 is 2. The molecule has 0 aliphatic carbocycles. The van der Waals surface area contributed by atoms with E-state index in [1.807, 2.05) is 70.2 Å². The van der Waals surface area contributed by atoms with E-state index in [-0.39, 0.29) is 60.2 Å². The number of carbonyl (C=O) groups excluding carboxylic acids is 3. The molecule has 3 atom stereocenters. The van der Waals surface area contributed by atoms with Crippen LogP contribution >= 0.6 is 0 Å². The Morgan fingerprint density at radius 3 is 2.35 bits per heavy atom. The Labute approximate surface area is 260 Å². The van der Waals surface area contributed by atoms with Gasteiger partial charge in [-0.15, -0.1) is 0 Å². The Morgan fingerprint density at radius 1 is 1.00 bits per heavy atom. The molecular weight excluding hydrogens is 546 g/mol. The van der Waals surface area contributed by atoms with Crippen LogP contribution in [0.25, 0.3) is 0 Å². The van der Waals surface area contributed by atoms with Gasteiger partial charge in [-0.2, -0.15) is 0 Å². The maximum atomic E-state index is 13.7. The first kappa shape index (κ1) is 29.4. The highest BCUT2D eigenvalue weighted by Gasteiger charge is 2.41. The van der Waals surface area contributed by atoms with E-state index < -0.39 is 19.0 Å². The zero-order valence-electron chi connectivity index (χ0n) is 28.9. The third-order valence-electron chi connectivity index (χ3n) is 7.81. The van der Waals surface area contributed by atoms with Gasteiger partial charge in [-0.1, -0.05) is 70.2 Å². The second kappa shape index (κ2) is 16.8. The second-order valence-corrected chi connectivity index (χ2v) is 11.6. The van der Waals surface area contributed by atoms with Crippen molar-refractivity contribution in [2.24, 2.45) is 23.7 Å². The lowest BCUT2D eigenvalue weighted by Gasteiger charge is -2.26. The third kappa shape index (κ3) is 9.42. The molecule has 1 fully saturated rings. The van der Waals surface area contributed by atoms with E-state index in [1.54, 1.807) is 13.2 Å². The van der Waals surface area contributed by atoms with Gasteiger partial charge in [0.1, 0.15) is 6.61 Å². The molecule has 1 aliphatic heterocycles. The van der Waals surface area contributed by atoms with Crippen LogP contribution in [-0.4, -0.2) is 62.7 Å². The molecule has 1 unspecified atom stereocenters. The molecule has 8 heteroatoms. The predicted molar refractivity (Wildman–Crippen MR) is 166 cm³/mol. The van der Waals surface area contributed by atoms with Gasteiger partial charge in [0.2, 0.25) is 5.91 Å². The highest BCUT2D eigenvalue weighted by molar-refractivity contribution is 5.98. The molecule has 0 N–H and O–H groups in total. The molecular formula is C35H47NO7. The van der Waals surface area contributed by atoms with Gasteiger partial charge >= 0.3 is 6.09 Å². The number of imide groups is 1. The lowest BCUT2D eigenvalue weighted by molar-refractivity contribution is -0.134. The van der Waals surface area contributed by atoms with Crippen molar-refractivity contribution in [1.29, 1.82) is 0 Å². The van der Waals surface area contributed by atoms with E-state index in [0.717, 1.165) is 5.56 Å². The van der Waals surface area contributed by atoms with Crippen LogP contribution < -0.4 is 9.47 Å². The molecule has 1 aliphatic rings. The fourth-order valence-corrected chi connectivity index (χ4v) is 5.23.